The number of fused-ring (bicyclic) bond motifs is 1. The van der Waals surface area contributed by atoms with Crippen LogP contribution in [0.3, 0.4) is 0 Å². The third kappa shape index (κ3) is 2.94. The van der Waals surface area contributed by atoms with Crippen LogP contribution in [0.25, 0.3) is 5.65 Å². The maximum atomic E-state index is 4.93. The lowest BCUT2D eigenvalue weighted by Crippen LogP contribution is -2.33. The van der Waals surface area contributed by atoms with Crippen molar-refractivity contribution in [3.8, 4) is 0 Å². The number of hydrogen-bond donors (Lipinski definition) is 0. The highest BCUT2D eigenvalue weighted by Gasteiger charge is 2.26. The first-order valence-corrected chi connectivity index (χ1v) is 9.45. The number of piperidine rings is 1. The second kappa shape index (κ2) is 6.68. The van der Waals surface area contributed by atoms with Crippen LogP contribution >= 0.6 is 0 Å². The van der Waals surface area contributed by atoms with Crippen molar-refractivity contribution in [2.24, 2.45) is 0 Å². The van der Waals surface area contributed by atoms with Gasteiger partial charge in [-0.05, 0) is 50.9 Å². The molecule has 0 unspecified atom stereocenters. The van der Waals surface area contributed by atoms with E-state index in [1.165, 1.54) is 12.8 Å². The van der Waals surface area contributed by atoms with E-state index in [1.54, 1.807) is 12.5 Å². The molecule has 2 fully saturated rings. The summed E-state index contributed by atoms with van der Waals surface area (Å²) >= 11 is 0. The Balaban J connectivity index is 1.32. The number of rotatable bonds is 4. The third-order valence-corrected chi connectivity index (χ3v) is 5.55. The van der Waals surface area contributed by atoms with Gasteiger partial charge in [0, 0.05) is 31.1 Å². The Labute approximate surface area is 151 Å². The molecule has 0 aromatic carbocycles. The van der Waals surface area contributed by atoms with Crippen LogP contribution in [-0.4, -0.2) is 56.0 Å². The van der Waals surface area contributed by atoms with Crippen LogP contribution in [-0.2, 0) is 6.54 Å². The maximum Gasteiger partial charge on any atom is 0.178 e. The van der Waals surface area contributed by atoms with Gasteiger partial charge in [-0.2, -0.15) is 4.52 Å². The van der Waals surface area contributed by atoms with Crippen molar-refractivity contribution in [2.45, 2.75) is 38.1 Å². The number of aromatic nitrogens is 5. The molecule has 2 saturated heterocycles. The van der Waals surface area contributed by atoms with Gasteiger partial charge in [0.05, 0.1) is 6.20 Å². The van der Waals surface area contributed by atoms with Crippen molar-refractivity contribution < 1.29 is 4.52 Å². The van der Waals surface area contributed by atoms with Crippen molar-refractivity contribution in [2.75, 3.05) is 31.1 Å². The summed E-state index contributed by atoms with van der Waals surface area (Å²) in [6.45, 7) is 5.16. The predicted octanol–water partition coefficient (Wildman–Crippen LogP) is 2.09. The van der Waals surface area contributed by atoms with E-state index in [0.29, 0.717) is 5.92 Å². The minimum atomic E-state index is 0.407. The molecule has 0 radical (unpaired) electrons. The molecule has 0 atom stereocenters. The first-order chi connectivity index (χ1) is 12.9. The highest BCUT2D eigenvalue weighted by Crippen LogP contribution is 2.28. The van der Waals surface area contributed by atoms with Crippen molar-refractivity contribution in [3.63, 3.8) is 0 Å². The lowest BCUT2D eigenvalue weighted by molar-refractivity contribution is 0.200. The van der Waals surface area contributed by atoms with E-state index in [9.17, 15) is 0 Å². The topological polar surface area (TPSA) is 75.6 Å². The summed E-state index contributed by atoms with van der Waals surface area (Å²) in [5.41, 5.74) is 1.98. The Hall–Kier alpha value is -2.48. The molecule has 0 aliphatic carbocycles. The zero-order valence-corrected chi connectivity index (χ0v) is 14.8. The maximum absolute atomic E-state index is 4.93. The van der Waals surface area contributed by atoms with Crippen LogP contribution in [0.1, 0.15) is 43.0 Å². The van der Waals surface area contributed by atoms with Gasteiger partial charge in [0.15, 0.2) is 11.5 Å². The summed E-state index contributed by atoms with van der Waals surface area (Å²) in [5.74, 6) is 2.46. The van der Waals surface area contributed by atoms with Gasteiger partial charge in [-0.25, -0.2) is 0 Å². The molecule has 8 heteroatoms. The molecular weight excluding hydrogens is 330 g/mol. The van der Waals surface area contributed by atoms with Crippen molar-refractivity contribution in [3.05, 3.63) is 36.0 Å². The summed E-state index contributed by atoms with van der Waals surface area (Å²) < 4.78 is 6.89. The smallest absolute Gasteiger partial charge is 0.178 e. The molecule has 3 aromatic heterocycles. The van der Waals surface area contributed by atoms with Gasteiger partial charge < -0.3 is 9.42 Å². The van der Waals surface area contributed by atoms with Crippen LogP contribution in [0.15, 0.2) is 29.1 Å². The molecule has 0 N–H and O–H groups in total. The predicted molar refractivity (Wildman–Crippen MR) is 96.0 cm³/mol. The Morgan fingerprint density at radius 2 is 1.88 bits per heavy atom. The fourth-order valence-electron chi connectivity index (χ4n) is 4.08. The molecule has 3 aromatic rings. The Bertz CT molecular complexity index is 861. The summed E-state index contributed by atoms with van der Waals surface area (Å²) in [7, 11) is 0. The quantitative estimate of drug-likeness (QED) is 0.711. The molecule has 5 heterocycles. The SMILES string of the molecule is c1nocc1CN1CCC(c2nnc3ccc(N4CCCC4)nn23)CC1. The van der Waals surface area contributed by atoms with E-state index in [4.69, 9.17) is 9.62 Å². The van der Waals surface area contributed by atoms with Gasteiger partial charge in [-0.15, -0.1) is 15.3 Å². The fourth-order valence-corrected chi connectivity index (χ4v) is 4.08. The van der Waals surface area contributed by atoms with Crippen LogP contribution in [0.4, 0.5) is 5.82 Å². The molecule has 26 heavy (non-hydrogen) atoms. The van der Waals surface area contributed by atoms with E-state index in [2.05, 4.69) is 31.2 Å². The van der Waals surface area contributed by atoms with E-state index < -0.39 is 0 Å². The average molecular weight is 353 g/mol. The third-order valence-electron chi connectivity index (χ3n) is 5.55. The molecule has 8 nitrogen and oxygen atoms in total. The minimum Gasteiger partial charge on any atom is -0.364 e. The van der Waals surface area contributed by atoms with E-state index in [1.807, 2.05) is 10.6 Å². The molecule has 0 saturated carbocycles. The first kappa shape index (κ1) is 15.7. The normalized spacial score (nSPS) is 19.6. The molecule has 2 aliphatic rings. The van der Waals surface area contributed by atoms with E-state index in [-0.39, 0.29) is 0 Å². The van der Waals surface area contributed by atoms with Crippen molar-refractivity contribution in [1.82, 2.24) is 29.9 Å². The van der Waals surface area contributed by atoms with Crippen LogP contribution in [0.5, 0.6) is 0 Å². The highest BCUT2D eigenvalue weighted by atomic mass is 16.5. The zero-order chi connectivity index (χ0) is 17.3. The van der Waals surface area contributed by atoms with Crippen molar-refractivity contribution in [1.29, 1.82) is 0 Å². The van der Waals surface area contributed by atoms with E-state index in [0.717, 1.165) is 68.4 Å². The van der Waals surface area contributed by atoms with Crippen LogP contribution < -0.4 is 4.90 Å². The zero-order valence-electron chi connectivity index (χ0n) is 14.8. The van der Waals surface area contributed by atoms with Gasteiger partial charge in [-0.3, -0.25) is 4.90 Å². The number of hydrogen-bond acceptors (Lipinski definition) is 7. The molecule has 0 bridgehead atoms. The van der Waals surface area contributed by atoms with Gasteiger partial charge in [-0.1, -0.05) is 5.16 Å². The summed E-state index contributed by atoms with van der Waals surface area (Å²) in [6.07, 6.45) is 8.16. The number of likely N-dealkylation sites (tertiary alicyclic amines) is 1. The van der Waals surface area contributed by atoms with Gasteiger partial charge >= 0.3 is 0 Å². The number of anilines is 1. The summed E-state index contributed by atoms with van der Waals surface area (Å²) in [4.78, 5) is 4.79. The molecule has 136 valence electrons. The molecule has 2 aliphatic heterocycles. The van der Waals surface area contributed by atoms with E-state index >= 15 is 0 Å². The fraction of sp³-hybridized carbons (Fsp3) is 0.556. The summed E-state index contributed by atoms with van der Waals surface area (Å²) in [5, 5.41) is 17.5. The minimum absolute atomic E-state index is 0.407. The molecular formula is C18H23N7O. The second-order valence-electron chi connectivity index (χ2n) is 7.30. The molecule has 0 spiro atoms. The molecule has 0 amide bonds. The summed E-state index contributed by atoms with van der Waals surface area (Å²) in [6, 6.07) is 4.11. The van der Waals surface area contributed by atoms with Crippen molar-refractivity contribution >= 4 is 11.5 Å². The highest BCUT2D eigenvalue weighted by molar-refractivity contribution is 5.46. The Kier molecular flexibility index (Phi) is 4.05. The van der Waals surface area contributed by atoms with Gasteiger partial charge in [0.25, 0.3) is 0 Å². The lowest BCUT2D eigenvalue weighted by Gasteiger charge is -2.30. The van der Waals surface area contributed by atoms with Crippen LogP contribution in [0, 0.1) is 0 Å². The van der Waals surface area contributed by atoms with Gasteiger partial charge in [0.2, 0.25) is 0 Å². The Morgan fingerprint density at radius 1 is 1.04 bits per heavy atom. The van der Waals surface area contributed by atoms with Crippen LogP contribution in [0.2, 0.25) is 0 Å². The van der Waals surface area contributed by atoms with Gasteiger partial charge in [0.1, 0.15) is 12.1 Å². The standard InChI is InChI=1S/C18H23N7O/c1-2-8-24(7-1)17-4-3-16-20-21-18(25(16)22-17)15-5-9-23(10-6-15)12-14-11-19-26-13-14/h3-4,11,13,15H,1-2,5-10,12H2. The monoisotopic (exact) mass is 353 g/mol. The average Bonchev–Trinajstić information content (AvgIpc) is 3.43. The number of nitrogens with zero attached hydrogens (tertiary/aromatic N) is 7. The largest absolute Gasteiger partial charge is 0.364 e. The Morgan fingerprint density at radius 3 is 2.65 bits per heavy atom. The first-order valence-electron chi connectivity index (χ1n) is 9.45. The second-order valence-corrected chi connectivity index (χ2v) is 7.30. The molecule has 5 rings (SSSR count). The lowest BCUT2D eigenvalue weighted by atomic mass is 9.96.